The topological polar surface area (TPSA) is 138 Å². The molecule has 2 aromatic rings. The average Bonchev–Trinajstić information content (AvgIpc) is 2.85. The Labute approximate surface area is 137 Å². The van der Waals surface area contributed by atoms with E-state index in [1.807, 2.05) is 0 Å². The summed E-state index contributed by atoms with van der Waals surface area (Å²) in [5.74, 6) is -1.79. The molecule has 0 saturated heterocycles. The average molecular weight is 333 g/mol. The molecule has 24 heavy (non-hydrogen) atoms. The Morgan fingerprint density at radius 3 is 2.71 bits per heavy atom. The van der Waals surface area contributed by atoms with Gasteiger partial charge in [0.1, 0.15) is 5.75 Å². The highest BCUT2D eigenvalue weighted by Crippen LogP contribution is 2.29. The Morgan fingerprint density at radius 1 is 1.33 bits per heavy atom. The van der Waals surface area contributed by atoms with E-state index in [0.29, 0.717) is 11.3 Å². The van der Waals surface area contributed by atoms with Crippen molar-refractivity contribution in [3.05, 3.63) is 51.4 Å². The molecule has 1 aromatic heterocycles. The quantitative estimate of drug-likeness (QED) is 0.547. The fraction of sp³-hybridized carbons (Fsp3) is 0.312. The number of ether oxygens (including phenoxy) is 1. The van der Waals surface area contributed by atoms with Crippen LogP contribution in [0.25, 0.3) is 0 Å². The van der Waals surface area contributed by atoms with Crippen LogP contribution in [0.2, 0.25) is 0 Å². The molecule has 0 unspecified atom stereocenters. The highest BCUT2D eigenvalue weighted by molar-refractivity contribution is 5.76. The Kier molecular flexibility index (Phi) is 5.41. The van der Waals surface area contributed by atoms with E-state index in [1.165, 1.54) is 12.1 Å². The number of aromatic hydroxyl groups is 1. The summed E-state index contributed by atoms with van der Waals surface area (Å²) < 4.78 is 4.89. The number of phenols is 1. The Morgan fingerprint density at radius 2 is 2.08 bits per heavy atom. The largest absolute Gasteiger partial charge is 0.508 e. The number of primary amides is 1. The summed E-state index contributed by atoms with van der Waals surface area (Å²) in [6, 6.07) is 6.21. The number of nitrogens with two attached hydrogens (primary N) is 1. The molecule has 0 fully saturated rings. The number of H-pyrrole nitrogens is 2. The predicted molar refractivity (Wildman–Crippen MR) is 85.5 cm³/mol. The summed E-state index contributed by atoms with van der Waals surface area (Å²) in [5.41, 5.74) is 5.96. The van der Waals surface area contributed by atoms with E-state index >= 15 is 0 Å². The van der Waals surface area contributed by atoms with E-state index in [2.05, 4.69) is 10.2 Å². The highest BCUT2D eigenvalue weighted by atomic mass is 16.5. The number of aromatic amines is 2. The van der Waals surface area contributed by atoms with Gasteiger partial charge in [0.2, 0.25) is 5.91 Å². The zero-order valence-corrected chi connectivity index (χ0v) is 13.2. The number of hydrogen-bond acceptors (Lipinski definition) is 5. The van der Waals surface area contributed by atoms with Gasteiger partial charge in [-0.1, -0.05) is 12.1 Å². The molecule has 128 valence electrons. The van der Waals surface area contributed by atoms with Gasteiger partial charge in [-0.25, -0.2) is 0 Å². The Bertz CT molecular complexity index is 793. The van der Waals surface area contributed by atoms with Crippen molar-refractivity contribution in [3.8, 4) is 5.75 Å². The summed E-state index contributed by atoms with van der Waals surface area (Å²) in [7, 11) is 0. The van der Waals surface area contributed by atoms with E-state index in [4.69, 9.17) is 10.5 Å². The molecule has 0 bridgehead atoms. The first-order valence-corrected chi connectivity index (χ1v) is 7.44. The van der Waals surface area contributed by atoms with Crippen molar-refractivity contribution < 1.29 is 19.4 Å². The van der Waals surface area contributed by atoms with Crippen LogP contribution in [-0.4, -0.2) is 33.8 Å². The number of carbonyl (C=O) groups is 2. The summed E-state index contributed by atoms with van der Waals surface area (Å²) in [6.07, 6.45) is -0.282. The van der Waals surface area contributed by atoms with Gasteiger partial charge in [0, 0.05) is 17.9 Å². The minimum atomic E-state index is -0.686. The summed E-state index contributed by atoms with van der Waals surface area (Å²) in [4.78, 5) is 35.4. The van der Waals surface area contributed by atoms with Gasteiger partial charge in [0.15, 0.2) is 0 Å². The van der Waals surface area contributed by atoms with Crippen LogP contribution < -0.4 is 11.3 Å². The number of phenolic OH excluding ortho intramolecular Hbond substituents is 1. The number of benzene rings is 1. The molecule has 0 aliphatic carbocycles. The van der Waals surface area contributed by atoms with E-state index in [0.717, 1.165) is 0 Å². The van der Waals surface area contributed by atoms with Crippen molar-refractivity contribution in [2.75, 3.05) is 6.61 Å². The van der Waals surface area contributed by atoms with E-state index < -0.39 is 23.4 Å². The summed E-state index contributed by atoms with van der Waals surface area (Å²) in [6.45, 7) is 1.90. The van der Waals surface area contributed by atoms with E-state index in [1.54, 1.807) is 19.1 Å². The number of esters is 1. The Hall–Kier alpha value is -3.03. The van der Waals surface area contributed by atoms with Gasteiger partial charge < -0.3 is 20.7 Å². The fourth-order valence-electron chi connectivity index (χ4n) is 2.60. The number of amides is 1. The third kappa shape index (κ3) is 4.03. The number of aromatic nitrogens is 2. The van der Waals surface area contributed by atoms with Crippen molar-refractivity contribution in [2.45, 2.75) is 25.7 Å². The lowest BCUT2D eigenvalue weighted by molar-refractivity contribution is -0.142. The van der Waals surface area contributed by atoms with Crippen LogP contribution in [0.5, 0.6) is 5.75 Å². The van der Waals surface area contributed by atoms with Gasteiger partial charge in [-0.3, -0.25) is 19.5 Å². The maximum absolute atomic E-state index is 12.2. The molecule has 1 aromatic carbocycles. The number of nitrogens with one attached hydrogen (secondary N) is 2. The molecular formula is C16H19N3O5. The maximum Gasteiger partial charge on any atom is 0.311 e. The fourth-order valence-corrected chi connectivity index (χ4v) is 2.60. The molecule has 8 nitrogen and oxygen atoms in total. The monoisotopic (exact) mass is 333 g/mol. The number of carbonyl (C=O) groups excluding carboxylic acids is 2. The molecule has 8 heteroatoms. The van der Waals surface area contributed by atoms with Crippen molar-refractivity contribution in [1.82, 2.24) is 10.2 Å². The van der Waals surface area contributed by atoms with E-state index in [-0.39, 0.29) is 30.8 Å². The first kappa shape index (κ1) is 17.3. The van der Waals surface area contributed by atoms with Crippen LogP contribution >= 0.6 is 0 Å². The molecule has 5 N–H and O–H groups in total. The van der Waals surface area contributed by atoms with Crippen LogP contribution in [0.15, 0.2) is 29.1 Å². The molecule has 0 radical (unpaired) electrons. The van der Waals surface area contributed by atoms with Crippen molar-refractivity contribution in [1.29, 1.82) is 0 Å². The van der Waals surface area contributed by atoms with E-state index in [9.17, 15) is 19.5 Å². The van der Waals surface area contributed by atoms with Gasteiger partial charge in [0.25, 0.3) is 5.56 Å². The molecule has 0 aliphatic rings. The first-order chi connectivity index (χ1) is 11.4. The Balaban J connectivity index is 2.47. The molecule has 2 rings (SSSR count). The van der Waals surface area contributed by atoms with Gasteiger partial charge in [-0.2, -0.15) is 0 Å². The predicted octanol–water partition coefficient (Wildman–Crippen LogP) is 0.522. The van der Waals surface area contributed by atoms with Gasteiger partial charge in [-0.05, 0) is 24.6 Å². The van der Waals surface area contributed by atoms with Gasteiger partial charge >= 0.3 is 5.97 Å². The van der Waals surface area contributed by atoms with Crippen LogP contribution in [0.4, 0.5) is 0 Å². The van der Waals surface area contributed by atoms with Gasteiger partial charge in [0.05, 0.1) is 18.7 Å². The maximum atomic E-state index is 12.2. The number of rotatable bonds is 7. The second kappa shape index (κ2) is 7.49. The molecule has 0 saturated carbocycles. The third-order valence-electron chi connectivity index (χ3n) is 3.55. The molecule has 0 aliphatic heterocycles. The van der Waals surface area contributed by atoms with Crippen LogP contribution in [0.1, 0.15) is 36.1 Å². The zero-order valence-electron chi connectivity index (χ0n) is 13.2. The zero-order chi connectivity index (χ0) is 17.7. The minimum Gasteiger partial charge on any atom is -0.508 e. The molecule has 0 spiro atoms. The minimum absolute atomic E-state index is 0.000812. The summed E-state index contributed by atoms with van der Waals surface area (Å²) in [5, 5.41) is 14.7. The second-order valence-corrected chi connectivity index (χ2v) is 5.27. The molecule has 1 heterocycles. The summed E-state index contributed by atoms with van der Waals surface area (Å²) >= 11 is 0. The standard InChI is InChI=1S/C16H19N3O5/c1-2-24-14(22)8-12-15(16(23)19-18-12)11(7-13(17)21)9-4-3-5-10(20)6-9/h3-6,11,20H,2,7-8H2,1H3,(H2,17,21)(H2,18,19,23)/t11-/m0/s1. The molecule has 1 amide bonds. The van der Waals surface area contributed by atoms with Crippen LogP contribution in [0.3, 0.4) is 0 Å². The molecule has 1 atom stereocenters. The smallest absolute Gasteiger partial charge is 0.311 e. The molecular weight excluding hydrogens is 314 g/mol. The normalized spacial score (nSPS) is 11.9. The van der Waals surface area contributed by atoms with Gasteiger partial charge in [-0.15, -0.1) is 0 Å². The van der Waals surface area contributed by atoms with Crippen molar-refractivity contribution >= 4 is 11.9 Å². The SMILES string of the molecule is CCOC(=O)Cc1[nH][nH]c(=O)c1[C@@H](CC(N)=O)c1cccc(O)c1. The van der Waals surface area contributed by atoms with Crippen molar-refractivity contribution in [2.24, 2.45) is 5.73 Å². The highest BCUT2D eigenvalue weighted by Gasteiger charge is 2.26. The number of hydrogen-bond donors (Lipinski definition) is 4. The van der Waals surface area contributed by atoms with Crippen molar-refractivity contribution in [3.63, 3.8) is 0 Å². The lowest BCUT2D eigenvalue weighted by atomic mass is 9.87. The van der Waals surface area contributed by atoms with Crippen LogP contribution in [-0.2, 0) is 20.7 Å². The second-order valence-electron chi connectivity index (χ2n) is 5.27. The van der Waals surface area contributed by atoms with Crippen LogP contribution in [0, 0.1) is 0 Å². The third-order valence-corrected chi connectivity index (χ3v) is 3.55. The lowest BCUT2D eigenvalue weighted by Crippen LogP contribution is -2.21. The lowest BCUT2D eigenvalue weighted by Gasteiger charge is -2.16. The first-order valence-electron chi connectivity index (χ1n) is 7.44.